The molecule has 1 aromatic carbocycles. The van der Waals surface area contributed by atoms with Gasteiger partial charge in [-0.25, -0.2) is 0 Å². The van der Waals surface area contributed by atoms with Crippen LogP contribution in [0.15, 0.2) is 37.1 Å². The average molecular weight is 321 g/mol. The molecule has 1 fully saturated rings. The van der Waals surface area contributed by atoms with E-state index in [1.807, 2.05) is 26.1 Å². The number of benzene rings is 1. The minimum absolute atomic E-state index is 0.131. The smallest absolute Gasteiger partial charge is 0.146 e. The van der Waals surface area contributed by atoms with Crippen molar-refractivity contribution < 1.29 is 9.59 Å². The van der Waals surface area contributed by atoms with Crippen molar-refractivity contribution in [1.82, 2.24) is 4.57 Å². The Bertz CT molecular complexity index is 917. The lowest BCUT2D eigenvalue weighted by Crippen LogP contribution is -2.49. The molecule has 0 amide bonds. The predicted octanol–water partition coefficient (Wildman–Crippen LogP) is 3.90. The largest absolute Gasteiger partial charge is 0.350 e. The van der Waals surface area contributed by atoms with E-state index in [0.717, 1.165) is 16.5 Å². The van der Waals surface area contributed by atoms with Gasteiger partial charge in [0.15, 0.2) is 0 Å². The minimum Gasteiger partial charge on any atom is -0.350 e. The van der Waals surface area contributed by atoms with Gasteiger partial charge in [0.1, 0.15) is 11.6 Å². The lowest BCUT2D eigenvalue weighted by Gasteiger charge is -2.43. The number of allylic oxidation sites excluding steroid dienone is 1. The van der Waals surface area contributed by atoms with E-state index < -0.39 is 11.3 Å². The monoisotopic (exact) mass is 321 g/mol. The molecule has 0 radical (unpaired) electrons. The van der Waals surface area contributed by atoms with Gasteiger partial charge in [-0.2, -0.15) is 0 Å². The first-order chi connectivity index (χ1) is 11.2. The Kier molecular flexibility index (Phi) is 2.86. The topological polar surface area (TPSA) is 39.1 Å². The molecule has 2 aliphatic rings. The van der Waals surface area contributed by atoms with Crippen LogP contribution in [0.4, 0.5) is 0 Å². The van der Waals surface area contributed by atoms with E-state index in [4.69, 9.17) is 0 Å². The summed E-state index contributed by atoms with van der Waals surface area (Å²) in [6.45, 7) is 9.99. The number of fused-ring (bicyclic) bond motifs is 3. The second-order valence-corrected chi connectivity index (χ2v) is 8.12. The highest BCUT2D eigenvalue weighted by Crippen LogP contribution is 2.55. The Morgan fingerprint density at radius 1 is 1.25 bits per heavy atom. The summed E-state index contributed by atoms with van der Waals surface area (Å²) in [5.41, 5.74) is 2.10. The lowest BCUT2D eigenvalue weighted by atomic mass is 9.57. The molecule has 4 rings (SSSR count). The molecule has 0 N–H and O–H groups in total. The molecule has 24 heavy (non-hydrogen) atoms. The average Bonchev–Trinajstić information content (AvgIpc) is 2.87. The first-order valence-corrected chi connectivity index (χ1v) is 8.52. The normalized spacial score (nSPS) is 31.2. The number of carbonyl (C=O) groups is 2. The molecule has 0 saturated heterocycles. The van der Waals surface area contributed by atoms with E-state index >= 15 is 0 Å². The number of Topliss-reactive ketones (excluding diaryl/α,β-unsaturated/α-hetero) is 2. The molecule has 3 heteroatoms. The van der Waals surface area contributed by atoms with Crippen LogP contribution in [0.2, 0.25) is 0 Å². The molecule has 3 atom stereocenters. The molecule has 0 spiro atoms. The number of aryl methyl sites for hydroxylation is 1. The van der Waals surface area contributed by atoms with Gasteiger partial charge in [-0.1, -0.05) is 32.1 Å². The van der Waals surface area contributed by atoms with E-state index in [9.17, 15) is 9.59 Å². The van der Waals surface area contributed by atoms with Crippen LogP contribution in [0.25, 0.3) is 10.9 Å². The van der Waals surface area contributed by atoms with Crippen LogP contribution in [-0.2, 0) is 22.1 Å². The van der Waals surface area contributed by atoms with E-state index in [2.05, 4.69) is 37.3 Å². The zero-order valence-corrected chi connectivity index (χ0v) is 14.7. The van der Waals surface area contributed by atoms with Gasteiger partial charge in [-0.3, -0.25) is 9.59 Å². The van der Waals surface area contributed by atoms with Gasteiger partial charge in [-0.05, 0) is 24.1 Å². The summed E-state index contributed by atoms with van der Waals surface area (Å²) in [4.78, 5) is 26.4. The summed E-state index contributed by atoms with van der Waals surface area (Å²) in [7, 11) is 2.04. The SMILES string of the molecule is C=C[C@]1(C)C(=O)C[C@H]2C(=O)[C@@H]1c1cccc3c1c(cn3C)C2(C)C. The van der Waals surface area contributed by atoms with Gasteiger partial charge < -0.3 is 4.57 Å². The number of rotatable bonds is 1. The van der Waals surface area contributed by atoms with E-state index in [-0.39, 0.29) is 22.9 Å². The lowest BCUT2D eigenvalue weighted by molar-refractivity contribution is -0.143. The highest BCUT2D eigenvalue weighted by Gasteiger charge is 2.57. The van der Waals surface area contributed by atoms with E-state index in [1.165, 1.54) is 5.56 Å². The van der Waals surface area contributed by atoms with Crippen molar-refractivity contribution in [3.05, 3.63) is 48.2 Å². The van der Waals surface area contributed by atoms with Crippen molar-refractivity contribution in [3.8, 4) is 0 Å². The van der Waals surface area contributed by atoms with Crippen molar-refractivity contribution in [2.45, 2.75) is 38.5 Å². The molecular formula is C21H23NO2. The van der Waals surface area contributed by atoms with Gasteiger partial charge in [0, 0.05) is 41.9 Å². The molecule has 124 valence electrons. The van der Waals surface area contributed by atoms with Gasteiger partial charge in [-0.15, -0.1) is 6.58 Å². The summed E-state index contributed by atoms with van der Waals surface area (Å²) in [5, 5.41) is 1.15. The molecule has 2 aromatic rings. The zero-order chi connectivity index (χ0) is 17.4. The maximum atomic E-state index is 13.4. The molecule has 3 nitrogen and oxygen atoms in total. The third-order valence-electron chi connectivity index (χ3n) is 6.57. The van der Waals surface area contributed by atoms with Gasteiger partial charge >= 0.3 is 0 Å². The molecule has 2 bridgehead atoms. The Labute approximate surface area is 142 Å². The summed E-state index contributed by atoms with van der Waals surface area (Å²) in [5.74, 6) is -0.394. The van der Waals surface area contributed by atoms with E-state index in [1.54, 1.807) is 6.08 Å². The van der Waals surface area contributed by atoms with Crippen LogP contribution in [0, 0.1) is 11.3 Å². The summed E-state index contributed by atoms with van der Waals surface area (Å²) < 4.78 is 2.13. The molecule has 0 unspecified atom stereocenters. The van der Waals surface area contributed by atoms with Crippen LogP contribution in [0.3, 0.4) is 0 Å². The van der Waals surface area contributed by atoms with Gasteiger partial charge in [0.25, 0.3) is 0 Å². The molecule has 1 aromatic heterocycles. The van der Waals surface area contributed by atoms with Crippen LogP contribution in [0.5, 0.6) is 0 Å². The third kappa shape index (κ3) is 1.58. The quantitative estimate of drug-likeness (QED) is 0.747. The number of hydrogen-bond donors (Lipinski definition) is 0. The molecule has 1 saturated carbocycles. The van der Waals surface area contributed by atoms with Crippen LogP contribution in [-0.4, -0.2) is 16.1 Å². The highest BCUT2D eigenvalue weighted by molar-refractivity contribution is 6.08. The Hall–Kier alpha value is -2.16. The van der Waals surface area contributed by atoms with Crippen molar-refractivity contribution in [2.24, 2.45) is 18.4 Å². The fraction of sp³-hybridized carbons (Fsp3) is 0.429. The van der Waals surface area contributed by atoms with E-state index in [0.29, 0.717) is 6.42 Å². The van der Waals surface area contributed by atoms with Crippen molar-refractivity contribution in [3.63, 3.8) is 0 Å². The summed E-state index contributed by atoms with van der Waals surface area (Å²) in [6, 6.07) is 6.10. The number of nitrogens with zero attached hydrogens (tertiary/aromatic N) is 1. The predicted molar refractivity (Wildman–Crippen MR) is 95.1 cm³/mol. The maximum Gasteiger partial charge on any atom is 0.146 e. The first kappa shape index (κ1) is 15.4. The summed E-state index contributed by atoms with van der Waals surface area (Å²) >= 11 is 0. The van der Waals surface area contributed by atoms with Crippen molar-refractivity contribution in [2.75, 3.05) is 0 Å². The van der Waals surface area contributed by atoms with Crippen LogP contribution in [0.1, 0.15) is 44.2 Å². The van der Waals surface area contributed by atoms with Crippen molar-refractivity contribution >= 4 is 22.5 Å². The fourth-order valence-electron chi connectivity index (χ4n) is 4.87. The van der Waals surface area contributed by atoms with Crippen LogP contribution >= 0.6 is 0 Å². The number of aromatic nitrogens is 1. The molecule has 0 aliphatic heterocycles. The van der Waals surface area contributed by atoms with Crippen LogP contribution < -0.4 is 0 Å². The second-order valence-electron chi connectivity index (χ2n) is 8.12. The zero-order valence-electron chi connectivity index (χ0n) is 14.7. The second kappa shape index (κ2) is 4.47. The molecular weight excluding hydrogens is 298 g/mol. The minimum atomic E-state index is -0.824. The Morgan fingerprint density at radius 3 is 2.62 bits per heavy atom. The number of carbonyl (C=O) groups excluding carboxylic acids is 2. The Morgan fingerprint density at radius 2 is 1.96 bits per heavy atom. The maximum absolute atomic E-state index is 13.4. The Balaban J connectivity index is 2.18. The fourth-order valence-corrected chi connectivity index (χ4v) is 4.87. The number of hydrogen-bond acceptors (Lipinski definition) is 2. The third-order valence-corrected chi connectivity index (χ3v) is 6.57. The van der Waals surface area contributed by atoms with Crippen molar-refractivity contribution in [1.29, 1.82) is 0 Å². The molecule has 2 aliphatic carbocycles. The first-order valence-electron chi connectivity index (χ1n) is 8.52. The number of ketones is 2. The standard InChI is InChI=1S/C21H23NO2/c1-6-21(4)16(23)10-13-19(24)18(21)12-8-7-9-15-17(12)14(11-22(15)5)20(13,2)3/h6-9,11,13,18H,1,10H2,2-5H3/t13-,18-,21+/m0/s1. The van der Waals surface area contributed by atoms with Gasteiger partial charge in [0.2, 0.25) is 0 Å². The molecule has 1 heterocycles. The van der Waals surface area contributed by atoms with Gasteiger partial charge in [0.05, 0.1) is 11.3 Å². The highest BCUT2D eigenvalue weighted by atomic mass is 16.1. The summed E-state index contributed by atoms with van der Waals surface area (Å²) in [6.07, 6.45) is 4.13.